The van der Waals surface area contributed by atoms with Gasteiger partial charge in [0.1, 0.15) is 0 Å². The third-order valence-electron chi connectivity index (χ3n) is 4.22. The van der Waals surface area contributed by atoms with Crippen molar-refractivity contribution in [1.29, 1.82) is 0 Å². The number of benzene rings is 1. The molecular formula is C18H20ClN3O2S. The van der Waals surface area contributed by atoms with E-state index < -0.39 is 0 Å². The summed E-state index contributed by atoms with van der Waals surface area (Å²) in [6, 6.07) is 10.8. The SMILES string of the molecule is O=C(NCCN1CCN(C(=O)c2cccs2)CC1)c1ccccc1Cl. The molecule has 0 aliphatic carbocycles. The van der Waals surface area contributed by atoms with Gasteiger partial charge < -0.3 is 10.2 Å². The third kappa shape index (κ3) is 4.60. The van der Waals surface area contributed by atoms with Crippen molar-refractivity contribution in [3.8, 4) is 0 Å². The molecule has 2 aromatic rings. The van der Waals surface area contributed by atoms with Crippen LogP contribution in [0, 0.1) is 0 Å². The van der Waals surface area contributed by atoms with Crippen LogP contribution in [0.1, 0.15) is 20.0 Å². The second-order valence-electron chi connectivity index (χ2n) is 5.85. The lowest BCUT2D eigenvalue weighted by Crippen LogP contribution is -2.50. The van der Waals surface area contributed by atoms with Gasteiger partial charge in [0, 0.05) is 39.3 Å². The number of nitrogens with zero attached hydrogens (tertiary/aromatic N) is 2. The van der Waals surface area contributed by atoms with Crippen LogP contribution in [0.4, 0.5) is 0 Å². The molecule has 5 nitrogen and oxygen atoms in total. The second-order valence-corrected chi connectivity index (χ2v) is 7.20. The number of nitrogens with one attached hydrogen (secondary N) is 1. The Morgan fingerprint density at radius 3 is 2.52 bits per heavy atom. The number of amides is 2. The van der Waals surface area contributed by atoms with E-state index in [4.69, 9.17) is 11.6 Å². The Balaban J connectivity index is 1.40. The lowest BCUT2D eigenvalue weighted by molar-refractivity contribution is 0.0643. The summed E-state index contributed by atoms with van der Waals surface area (Å²) in [6.07, 6.45) is 0. The fourth-order valence-electron chi connectivity index (χ4n) is 2.80. The molecule has 132 valence electrons. The van der Waals surface area contributed by atoms with Crippen LogP contribution >= 0.6 is 22.9 Å². The number of rotatable bonds is 5. The van der Waals surface area contributed by atoms with Gasteiger partial charge in [0.25, 0.3) is 11.8 Å². The summed E-state index contributed by atoms with van der Waals surface area (Å²) >= 11 is 7.51. The summed E-state index contributed by atoms with van der Waals surface area (Å²) in [5.41, 5.74) is 0.496. The number of hydrogen-bond donors (Lipinski definition) is 1. The molecule has 25 heavy (non-hydrogen) atoms. The average molecular weight is 378 g/mol. The first kappa shape index (κ1) is 17.9. The molecule has 1 aromatic carbocycles. The number of thiophene rings is 1. The van der Waals surface area contributed by atoms with Crippen LogP contribution in [-0.4, -0.2) is 60.9 Å². The number of carbonyl (C=O) groups is 2. The maximum atomic E-state index is 12.3. The largest absolute Gasteiger partial charge is 0.351 e. The second kappa shape index (κ2) is 8.47. The third-order valence-corrected chi connectivity index (χ3v) is 5.41. The topological polar surface area (TPSA) is 52.7 Å². The van der Waals surface area contributed by atoms with Gasteiger partial charge in [0.2, 0.25) is 0 Å². The first-order valence-corrected chi connectivity index (χ1v) is 9.49. The van der Waals surface area contributed by atoms with Crippen molar-refractivity contribution in [2.45, 2.75) is 0 Å². The molecular weight excluding hydrogens is 358 g/mol. The maximum absolute atomic E-state index is 12.3. The van der Waals surface area contributed by atoms with Gasteiger partial charge >= 0.3 is 0 Å². The first-order valence-electron chi connectivity index (χ1n) is 8.23. The lowest BCUT2D eigenvalue weighted by Gasteiger charge is -2.34. The van der Waals surface area contributed by atoms with Gasteiger partial charge in [-0.1, -0.05) is 29.8 Å². The quantitative estimate of drug-likeness (QED) is 0.871. The van der Waals surface area contributed by atoms with Crippen LogP contribution in [0.5, 0.6) is 0 Å². The van der Waals surface area contributed by atoms with Crippen molar-refractivity contribution in [3.63, 3.8) is 0 Å². The van der Waals surface area contributed by atoms with Crippen LogP contribution in [0.2, 0.25) is 5.02 Å². The van der Waals surface area contributed by atoms with Gasteiger partial charge in [0.05, 0.1) is 15.5 Å². The molecule has 1 aromatic heterocycles. The molecule has 3 rings (SSSR count). The van der Waals surface area contributed by atoms with E-state index in [1.54, 1.807) is 24.3 Å². The van der Waals surface area contributed by atoms with Crippen LogP contribution in [0.25, 0.3) is 0 Å². The Bertz CT molecular complexity index is 728. The van der Waals surface area contributed by atoms with Crippen LogP contribution < -0.4 is 5.32 Å². The Morgan fingerprint density at radius 1 is 1.08 bits per heavy atom. The van der Waals surface area contributed by atoms with Gasteiger partial charge in [-0.05, 0) is 23.6 Å². The van der Waals surface area contributed by atoms with E-state index in [1.807, 2.05) is 22.4 Å². The van der Waals surface area contributed by atoms with Gasteiger partial charge in [-0.2, -0.15) is 0 Å². The molecule has 2 amide bonds. The Morgan fingerprint density at radius 2 is 1.84 bits per heavy atom. The highest BCUT2D eigenvalue weighted by Crippen LogP contribution is 2.15. The summed E-state index contributed by atoms with van der Waals surface area (Å²) in [6.45, 7) is 4.39. The predicted octanol–water partition coefficient (Wildman–Crippen LogP) is 2.59. The van der Waals surface area contributed by atoms with E-state index in [2.05, 4.69) is 10.2 Å². The number of piperazine rings is 1. The summed E-state index contributed by atoms with van der Waals surface area (Å²) in [5, 5.41) is 5.28. The van der Waals surface area contributed by atoms with Crippen LogP contribution in [0.15, 0.2) is 41.8 Å². The molecule has 1 saturated heterocycles. The zero-order valence-corrected chi connectivity index (χ0v) is 15.4. The number of carbonyl (C=O) groups excluding carboxylic acids is 2. The molecule has 0 atom stereocenters. The van der Waals surface area contributed by atoms with E-state index in [9.17, 15) is 9.59 Å². The fraction of sp³-hybridized carbons (Fsp3) is 0.333. The van der Waals surface area contributed by atoms with Crippen LogP contribution in [-0.2, 0) is 0 Å². The minimum Gasteiger partial charge on any atom is -0.351 e. The van der Waals surface area contributed by atoms with Crippen molar-refractivity contribution in [2.24, 2.45) is 0 Å². The van der Waals surface area contributed by atoms with Crippen molar-refractivity contribution < 1.29 is 9.59 Å². The average Bonchev–Trinajstić information content (AvgIpc) is 3.16. The molecule has 7 heteroatoms. The fourth-order valence-corrected chi connectivity index (χ4v) is 3.71. The normalized spacial score (nSPS) is 15.2. The summed E-state index contributed by atoms with van der Waals surface area (Å²) < 4.78 is 0. The molecule has 0 saturated carbocycles. The molecule has 0 bridgehead atoms. The van der Waals surface area contributed by atoms with E-state index in [1.165, 1.54) is 11.3 Å². The minimum absolute atomic E-state index is 0.113. The molecule has 2 heterocycles. The molecule has 1 aliphatic heterocycles. The molecule has 0 spiro atoms. The van der Waals surface area contributed by atoms with E-state index in [-0.39, 0.29) is 11.8 Å². The van der Waals surface area contributed by atoms with Crippen molar-refractivity contribution in [1.82, 2.24) is 15.1 Å². The van der Waals surface area contributed by atoms with E-state index in [0.717, 1.165) is 37.6 Å². The Kier molecular flexibility index (Phi) is 6.07. The highest BCUT2D eigenvalue weighted by atomic mass is 35.5. The molecule has 1 fully saturated rings. The molecule has 1 N–H and O–H groups in total. The highest BCUT2D eigenvalue weighted by molar-refractivity contribution is 7.12. The van der Waals surface area contributed by atoms with E-state index in [0.29, 0.717) is 17.1 Å². The molecule has 0 radical (unpaired) electrons. The highest BCUT2D eigenvalue weighted by Gasteiger charge is 2.22. The van der Waals surface area contributed by atoms with E-state index >= 15 is 0 Å². The standard InChI is InChI=1S/C18H20ClN3O2S/c19-15-5-2-1-4-14(15)17(23)20-7-8-21-9-11-22(12-10-21)18(24)16-6-3-13-25-16/h1-6,13H,7-12H2,(H,20,23). The predicted molar refractivity (Wildman–Crippen MR) is 100 cm³/mol. The summed E-state index contributed by atoms with van der Waals surface area (Å²) in [5.74, 6) is -0.0428. The van der Waals surface area contributed by atoms with Gasteiger partial charge in [0.15, 0.2) is 0 Å². The summed E-state index contributed by atoms with van der Waals surface area (Å²) in [7, 11) is 0. The van der Waals surface area contributed by atoms with Gasteiger partial charge in [-0.3, -0.25) is 14.5 Å². The smallest absolute Gasteiger partial charge is 0.264 e. The zero-order valence-electron chi connectivity index (χ0n) is 13.8. The van der Waals surface area contributed by atoms with Crippen molar-refractivity contribution in [3.05, 3.63) is 57.2 Å². The lowest BCUT2D eigenvalue weighted by atomic mass is 10.2. The Hall–Kier alpha value is -1.89. The van der Waals surface area contributed by atoms with Gasteiger partial charge in [-0.25, -0.2) is 0 Å². The Labute approximate surface area is 156 Å². The minimum atomic E-state index is -0.155. The summed E-state index contributed by atoms with van der Waals surface area (Å²) in [4.78, 5) is 29.4. The van der Waals surface area contributed by atoms with Gasteiger partial charge in [-0.15, -0.1) is 11.3 Å². The number of hydrogen-bond acceptors (Lipinski definition) is 4. The number of halogens is 1. The van der Waals surface area contributed by atoms with Crippen LogP contribution in [0.3, 0.4) is 0 Å². The van der Waals surface area contributed by atoms with Crippen molar-refractivity contribution in [2.75, 3.05) is 39.3 Å². The maximum Gasteiger partial charge on any atom is 0.264 e. The monoisotopic (exact) mass is 377 g/mol. The zero-order chi connectivity index (χ0) is 17.6. The molecule has 1 aliphatic rings. The van der Waals surface area contributed by atoms with Crippen molar-refractivity contribution >= 4 is 34.8 Å². The first-order chi connectivity index (χ1) is 12.1. The molecule has 0 unspecified atom stereocenters.